The number of ether oxygens (including phenoxy) is 1. The Labute approximate surface area is 150 Å². The van der Waals surface area contributed by atoms with Crippen molar-refractivity contribution in [1.29, 1.82) is 0 Å². The number of esters is 1. The van der Waals surface area contributed by atoms with Gasteiger partial charge in [-0.25, -0.2) is 4.79 Å². The van der Waals surface area contributed by atoms with E-state index in [1.54, 1.807) is 0 Å². The number of halogens is 12. The van der Waals surface area contributed by atoms with Gasteiger partial charge in [0.05, 0.1) is 0 Å². The van der Waals surface area contributed by atoms with Gasteiger partial charge in [0.25, 0.3) is 0 Å². The van der Waals surface area contributed by atoms with Crippen LogP contribution in [0.1, 0.15) is 26.7 Å². The molecular weight excluding hydrogens is 428 g/mol. The van der Waals surface area contributed by atoms with E-state index in [-0.39, 0.29) is 6.08 Å². The molecule has 0 saturated heterocycles. The molecule has 2 nitrogen and oxygen atoms in total. The summed E-state index contributed by atoms with van der Waals surface area (Å²) in [6.45, 7) is 1.82. The summed E-state index contributed by atoms with van der Waals surface area (Å²) < 4.78 is 159. The molecule has 0 fully saturated rings. The average Bonchev–Trinajstić information content (AvgIpc) is 2.41. The molecule has 0 aromatic heterocycles. The first-order valence-corrected chi connectivity index (χ1v) is 7.13. The van der Waals surface area contributed by atoms with Crippen LogP contribution in [0.15, 0.2) is 12.7 Å². The Morgan fingerprint density at radius 1 is 0.750 bits per heavy atom. The van der Waals surface area contributed by atoms with E-state index >= 15 is 0 Å². The zero-order valence-electron chi connectivity index (χ0n) is 14.1. The summed E-state index contributed by atoms with van der Waals surface area (Å²) in [6.07, 6.45) is -32.2. The molecule has 0 heterocycles. The Balaban J connectivity index is 6.30. The number of carbonyl (C=O) groups excluding carboxylic acids is 1. The zero-order valence-corrected chi connectivity index (χ0v) is 14.1. The van der Waals surface area contributed by atoms with Gasteiger partial charge in [-0.05, 0) is 13.8 Å². The van der Waals surface area contributed by atoms with Crippen LogP contribution in [-0.2, 0) is 9.53 Å². The van der Waals surface area contributed by atoms with E-state index in [0.29, 0.717) is 0 Å². The monoisotopic (exact) mass is 442 g/mol. The molecule has 166 valence electrons. The van der Waals surface area contributed by atoms with Crippen LogP contribution in [0.3, 0.4) is 0 Å². The molecule has 0 aliphatic carbocycles. The molecule has 0 radical (unpaired) electrons. The first kappa shape index (κ1) is 26.4. The summed E-state index contributed by atoms with van der Waals surface area (Å²) in [5.74, 6) is -1.79. The van der Waals surface area contributed by atoms with Crippen LogP contribution in [0.25, 0.3) is 0 Å². The molecule has 0 unspecified atom stereocenters. The summed E-state index contributed by atoms with van der Waals surface area (Å²) in [7, 11) is 0. The zero-order chi connectivity index (χ0) is 23.0. The summed E-state index contributed by atoms with van der Waals surface area (Å²) in [6, 6.07) is 0. The molecule has 0 aliphatic rings. The number of alkyl halides is 12. The van der Waals surface area contributed by atoms with E-state index in [0.717, 1.165) is 0 Å². The predicted octanol–water partition coefficient (Wildman–Crippen LogP) is 6.13. The third-order valence-corrected chi connectivity index (χ3v) is 4.22. The maximum absolute atomic E-state index is 13.0. The molecule has 0 amide bonds. The van der Waals surface area contributed by atoms with Gasteiger partial charge in [0.2, 0.25) is 0 Å². The van der Waals surface area contributed by atoms with Gasteiger partial charge in [0.1, 0.15) is 6.10 Å². The van der Waals surface area contributed by atoms with Crippen molar-refractivity contribution in [3.05, 3.63) is 12.7 Å². The smallest absolute Gasteiger partial charge is 0.403 e. The topological polar surface area (TPSA) is 26.3 Å². The summed E-state index contributed by atoms with van der Waals surface area (Å²) in [5, 5.41) is 0. The van der Waals surface area contributed by atoms with Crippen molar-refractivity contribution in [2.24, 2.45) is 10.8 Å². The molecule has 0 rings (SSSR count). The SMILES string of the molecule is C=CC(=O)OC(CC(C)(C(F)(F)F)C(F)(F)F)CC(C)(C(F)(F)F)C(F)(F)F. The average molecular weight is 442 g/mol. The fraction of sp³-hybridized carbons (Fsp3) is 0.786. The highest BCUT2D eigenvalue weighted by Gasteiger charge is 2.71. The lowest BCUT2D eigenvalue weighted by atomic mass is 9.76. The maximum Gasteiger partial charge on any atom is 0.403 e. The Morgan fingerprint density at radius 2 is 1.00 bits per heavy atom. The fourth-order valence-electron chi connectivity index (χ4n) is 2.06. The highest BCUT2D eigenvalue weighted by atomic mass is 19.4. The van der Waals surface area contributed by atoms with Crippen LogP contribution >= 0.6 is 0 Å². The molecular formula is C14H14F12O2. The third-order valence-electron chi connectivity index (χ3n) is 4.22. The maximum atomic E-state index is 13.0. The lowest BCUT2D eigenvalue weighted by Crippen LogP contribution is -2.53. The number of hydrogen-bond acceptors (Lipinski definition) is 2. The molecule has 0 aromatic rings. The predicted molar refractivity (Wildman–Crippen MR) is 69.7 cm³/mol. The van der Waals surface area contributed by atoms with E-state index in [1.165, 1.54) is 0 Å². The highest BCUT2D eigenvalue weighted by Crippen LogP contribution is 2.57. The van der Waals surface area contributed by atoms with Gasteiger partial charge in [0.15, 0.2) is 10.8 Å². The van der Waals surface area contributed by atoms with Crippen molar-refractivity contribution in [2.75, 3.05) is 0 Å². The van der Waals surface area contributed by atoms with Crippen LogP contribution in [0, 0.1) is 10.8 Å². The highest BCUT2D eigenvalue weighted by molar-refractivity contribution is 5.81. The first-order valence-electron chi connectivity index (χ1n) is 7.13. The molecule has 0 spiro atoms. The molecule has 14 heteroatoms. The van der Waals surface area contributed by atoms with Gasteiger partial charge in [-0.3, -0.25) is 0 Å². The van der Waals surface area contributed by atoms with Gasteiger partial charge in [0, 0.05) is 18.9 Å². The Bertz CT molecular complexity index is 499. The van der Waals surface area contributed by atoms with E-state index in [4.69, 9.17) is 0 Å². The van der Waals surface area contributed by atoms with Crippen molar-refractivity contribution in [3.8, 4) is 0 Å². The second kappa shape index (κ2) is 7.65. The number of carbonyl (C=O) groups is 1. The molecule has 28 heavy (non-hydrogen) atoms. The largest absolute Gasteiger partial charge is 0.459 e. The second-order valence-electron chi connectivity index (χ2n) is 6.33. The summed E-state index contributed by atoms with van der Waals surface area (Å²) in [4.78, 5) is 11.1. The van der Waals surface area contributed by atoms with Crippen LogP contribution in [0.5, 0.6) is 0 Å². The molecule has 0 aromatic carbocycles. The van der Waals surface area contributed by atoms with Crippen LogP contribution in [0.2, 0.25) is 0 Å². The molecule has 0 atom stereocenters. The van der Waals surface area contributed by atoms with E-state index < -0.39 is 74.3 Å². The van der Waals surface area contributed by atoms with Gasteiger partial charge in [-0.2, -0.15) is 52.7 Å². The Morgan fingerprint density at radius 3 is 1.18 bits per heavy atom. The molecule has 0 aliphatic heterocycles. The Hall–Kier alpha value is -1.63. The van der Waals surface area contributed by atoms with Crippen molar-refractivity contribution >= 4 is 5.97 Å². The van der Waals surface area contributed by atoms with Gasteiger partial charge in [-0.15, -0.1) is 0 Å². The lowest BCUT2D eigenvalue weighted by molar-refractivity contribution is -0.353. The summed E-state index contributed by atoms with van der Waals surface area (Å²) in [5.41, 5.74) is -9.49. The fourth-order valence-corrected chi connectivity index (χ4v) is 2.06. The van der Waals surface area contributed by atoms with Crippen molar-refractivity contribution < 1.29 is 62.2 Å². The third kappa shape index (κ3) is 5.25. The summed E-state index contributed by atoms with van der Waals surface area (Å²) >= 11 is 0. The lowest BCUT2D eigenvalue weighted by Gasteiger charge is -2.40. The molecule has 0 bridgehead atoms. The van der Waals surface area contributed by atoms with Crippen LogP contribution in [-0.4, -0.2) is 36.8 Å². The van der Waals surface area contributed by atoms with Gasteiger partial charge in [-0.1, -0.05) is 6.58 Å². The standard InChI is InChI=1S/C14H14F12O2/c1-4-8(27)28-7(5-9(2,11(15,16)17)12(18,19)20)6-10(3,13(21,22)23)14(24,25)26/h4,7H,1,5-6H2,2-3H3. The number of rotatable bonds is 6. The quantitative estimate of drug-likeness (QED) is 0.281. The normalized spacial score (nSPS) is 15.0. The molecule has 0 saturated carbocycles. The van der Waals surface area contributed by atoms with Crippen LogP contribution < -0.4 is 0 Å². The van der Waals surface area contributed by atoms with Crippen LogP contribution in [0.4, 0.5) is 52.7 Å². The minimum Gasteiger partial charge on any atom is -0.459 e. The minimum absolute atomic E-state index is 0.171. The number of hydrogen-bond donors (Lipinski definition) is 0. The van der Waals surface area contributed by atoms with Crippen molar-refractivity contribution in [2.45, 2.75) is 57.5 Å². The van der Waals surface area contributed by atoms with E-state index in [9.17, 15) is 57.5 Å². The van der Waals surface area contributed by atoms with Crippen molar-refractivity contribution in [1.82, 2.24) is 0 Å². The second-order valence-corrected chi connectivity index (χ2v) is 6.33. The van der Waals surface area contributed by atoms with Crippen molar-refractivity contribution in [3.63, 3.8) is 0 Å². The first-order chi connectivity index (χ1) is 12.0. The Kier molecular flexibility index (Phi) is 7.21. The van der Waals surface area contributed by atoms with Gasteiger partial charge < -0.3 is 4.74 Å². The molecule has 0 N–H and O–H groups in total. The van der Waals surface area contributed by atoms with E-state index in [2.05, 4.69) is 11.3 Å². The minimum atomic E-state index is -6.11. The van der Waals surface area contributed by atoms with E-state index in [1.807, 2.05) is 0 Å². The van der Waals surface area contributed by atoms with Gasteiger partial charge >= 0.3 is 30.7 Å².